The zero-order valence-electron chi connectivity index (χ0n) is 21.7. The van der Waals surface area contributed by atoms with Crippen LogP contribution in [0.15, 0.2) is 30.5 Å². The normalized spacial score (nSPS) is 23.7. The second kappa shape index (κ2) is 10.3. The molecule has 2 saturated heterocycles. The number of carbonyl (C=O) groups excluding carboxylic acids is 1. The molecule has 3 aliphatic rings. The zero-order valence-corrected chi connectivity index (χ0v) is 21.7. The summed E-state index contributed by atoms with van der Waals surface area (Å²) in [5, 5.41) is 13.0. The first kappa shape index (κ1) is 26.6. The Morgan fingerprint density at radius 1 is 1.05 bits per heavy atom. The van der Waals surface area contributed by atoms with Crippen LogP contribution in [0.1, 0.15) is 79.9 Å². The molecule has 1 amide bonds. The molecule has 7 nitrogen and oxygen atoms in total. The number of carboxylic acid groups (broad SMARTS) is 1. The number of halogens is 3. The number of alkyl halides is 3. The van der Waals surface area contributed by atoms with E-state index in [9.17, 15) is 22.8 Å². The van der Waals surface area contributed by atoms with E-state index in [0.29, 0.717) is 19.0 Å². The van der Waals surface area contributed by atoms with Gasteiger partial charge in [0.1, 0.15) is 0 Å². The molecule has 1 unspecified atom stereocenters. The smallest absolute Gasteiger partial charge is 0.416 e. The Kier molecular flexibility index (Phi) is 7.17. The van der Waals surface area contributed by atoms with Gasteiger partial charge in [-0.25, -0.2) is 9.59 Å². The Bertz CT molecular complexity index is 1190. The summed E-state index contributed by atoms with van der Waals surface area (Å²) in [6.07, 6.45) is 5.68. The summed E-state index contributed by atoms with van der Waals surface area (Å²) in [6.45, 7) is 3.98. The van der Waals surface area contributed by atoms with Gasteiger partial charge in [0.2, 0.25) is 0 Å². The fourth-order valence-electron chi connectivity index (χ4n) is 6.92. The second-order valence-electron chi connectivity index (χ2n) is 11.3. The summed E-state index contributed by atoms with van der Waals surface area (Å²) in [4.78, 5) is 28.0. The van der Waals surface area contributed by atoms with Crippen LogP contribution in [0, 0.1) is 11.3 Å². The Morgan fingerprint density at radius 2 is 1.82 bits per heavy atom. The average Bonchev–Trinajstić information content (AvgIpc) is 3.55. The number of amides is 1. The lowest BCUT2D eigenvalue weighted by atomic mass is 9.60. The molecule has 1 aliphatic carbocycles. The van der Waals surface area contributed by atoms with Crippen molar-refractivity contribution in [2.75, 3.05) is 24.5 Å². The number of hydrogen-bond acceptors (Lipinski definition) is 4. The van der Waals surface area contributed by atoms with Crippen LogP contribution in [0.25, 0.3) is 0 Å². The Balaban J connectivity index is 1.34. The average molecular weight is 533 g/mol. The van der Waals surface area contributed by atoms with E-state index in [4.69, 9.17) is 5.11 Å². The molecule has 1 aromatic carbocycles. The predicted octanol–water partition coefficient (Wildman–Crippen LogP) is 6.07. The molecule has 5 rings (SSSR count). The molecule has 10 heteroatoms. The monoisotopic (exact) mass is 532 g/mol. The second-order valence-corrected chi connectivity index (χ2v) is 11.3. The van der Waals surface area contributed by atoms with Gasteiger partial charge < -0.3 is 14.9 Å². The maximum atomic E-state index is 13.6. The van der Waals surface area contributed by atoms with Crippen molar-refractivity contribution in [1.29, 1.82) is 0 Å². The largest absolute Gasteiger partial charge is 0.476 e. The maximum Gasteiger partial charge on any atom is 0.416 e. The molecule has 1 saturated carbocycles. The number of rotatable bonds is 4. The molecular weight excluding hydrogens is 497 g/mol. The van der Waals surface area contributed by atoms with Crippen LogP contribution >= 0.6 is 0 Å². The lowest BCUT2D eigenvalue weighted by Crippen LogP contribution is -2.49. The minimum atomic E-state index is -4.37. The summed E-state index contributed by atoms with van der Waals surface area (Å²) in [5.41, 5.74) is 1.01. The van der Waals surface area contributed by atoms with Crippen molar-refractivity contribution in [3.63, 3.8) is 0 Å². The SMILES string of the molecule is C[C@@H]1CCCN1c1cc(C(F)(F)F)ccc1CC1CCCCC12CCN(C(=O)n1ccc(C(=O)O)n1)CC2. The number of carboxylic acids is 1. The topological polar surface area (TPSA) is 78.7 Å². The Morgan fingerprint density at radius 3 is 2.45 bits per heavy atom. The van der Waals surface area contributed by atoms with Crippen molar-refractivity contribution in [2.24, 2.45) is 11.3 Å². The number of aromatic nitrogens is 2. The third-order valence-corrected chi connectivity index (χ3v) is 9.12. The standard InChI is InChI=1S/C28H35F3N4O3/c1-19-5-4-13-34(19)24-18-22(28(29,30)31)8-7-20(24)17-21-6-2-3-10-27(21)11-15-33(16-12-27)26(38)35-14-9-23(32-35)25(36)37/h7-9,14,18-19,21H,2-6,10-13,15-17H2,1H3,(H,36,37)/t19-,21?/m1/s1. The molecule has 1 N–H and O–H groups in total. The lowest BCUT2D eigenvalue weighted by molar-refractivity contribution is -0.137. The lowest BCUT2D eigenvalue weighted by Gasteiger charge is -2.49. The number of carbonyl (C=O) groups is 2. The summed E-state index contributed by atoms with van der Waals surface area (Å²) in [6, 6.07) is 5.48. The highest BCUT2D eigenvalue weighted by molar-refractivity contribution is 5.86. The molecule has 0 bridgehead atoms. The van der Waals surface area contributed by atoms with E-state index < -0.39 is 17.7 Å². The fraction of sp³-hybridized carbons (Fsp3) is 0.607. The van der Waals surface area contributed by atoms with Crippen molar-refractivity contribution in [1.82, 2.24) is 14.7 Å². The van der Waals surface area contributed by atoms with Gasteiger partial charge in [-0.1, -0.05) is 18.9 Å². The van der Waals surface area contributed by atoms with Gasteiger partial charge in [0.25, 0.3) is 0 Å². The Hall–Kier alpha value is -3.04. The highest BCUT2D eigenvalue weighted by Gasteiger charge is 2.44. The first-order chi connectivity index (χ1) is 18.1. The van der Waals surface area contributed by atoms with Crippen molar-refractivity contribution in [2.45, 2.75) is 76.9 Å². The van der Waals surface area contributed by atoms with Crippen LogP contribution < -0.4 is 4.90 Å². The third-order valence-electron chi connectivity index (χ3n) is 9.12. The van der Waals surface area contributed by atoms with Crippen molar-refractivity contribution in [3.05, 3.63) is 47.3 Å². The van der Waals surface area contributed by atoms with Gasteiger partial charge in [-0.05, 0) is 87.0 Å². The van der Waals surface area contributed by atoms with Crippen LogP contribution in [0.2, 0.25) is 0 Å². The highest BCUT2D eigenvalue weighted by atomic mass is 19.4. The molecule has 2 aliphatic heterocycles. The number of piperidine rings is 1. The number of nitrogens with zero attached hydrogens (tertiary/aromatic N) is 4. The van der Waals surface area contributed by atoms with Gasteiger partial charge in [0.05, 0.1) is 5.56 Å². The number of aromatic carboxylic acids is 1. The van der Waals surface area contributed by atoms with E-state index in [1.807, 2.05) is 0 Å². The first-order valence-corrected chi connectivity index (χ1v) is 13.6. The van der Waals surface area contributed by atoms with Gasteiger partial charge in [0.15, 0.2) is 5.69 Å². The van der Waals surface area contributed by atoms with Crippen molar-refractivity contribution >= 4 is 17.7 Å². The molecule has 38 heavy (non-hydrogen) atoms. The number of anilines is 1. The van der Waals surface area contributed by atoms with Crippen molar-refractivity contribution < 1.29 is 27.9 Å². The summed E-state index contributed by atoms with van der Waals surface area (Å²) in [5.74, 6) is -0.838. The minimum Gasteiger partial charge on any atom is -0.476 e. The summed E-state index contributed by atoms with van der Waals surface area (Å²) < 4.78 is 41.9. The molecule has 2 aromatic rings. The van der Waals surface area contributed by atoms with E-state index in [1.165, 1.54) is 24.4 Å². The number of benzene rings is 1. The van der Waals surface area contributed by atoms with Crippen molar-refractivity contribution in [3.8, 4) is 0 Å². The zero-order chi connectivity index (χ0) is 27.1. The van der Waals surface area contributed by atoms with E-state index in [-0.39, 0.29) is 23.2 Å². The van der Waals surface area contributed by atoms with Crippen LogP contribution in [0.4, 0.5) is 23.7 Å². The van der Waals surface area contributed by atoms with Gasteiger partial charge in [-0.2, -0.15) is 23.0 Å². The maximum absolute atomic E-state index is 13.6. The van der Waals surface area contributed by atoms with Gasteiger partial charge in [-0.15, -0.1) is 0 Å². The molecule has 2 atom stereocenters. The summed E-state index contributed by atoms with van der Waals surface area (Å²) >= 11 is 0. The molecule has 3 fully saturated rings. The molecule has 3 heterocycles. The molecule has 1 aromatic heterocycles. The Labute approximate surface area is 220 Å². The fourth-order valence-corrected chi connectivity index (χ4v) is 6.92. The van der Waals surface area contributed by atoms with E-state index >= 15 is 0 Å². The molecule has 1 spiro atoms. The van der Waals surface area contributed by atoms with E-state index in [2.05, 4.69) is 16.9 Å². The molecule has 206 valence electrons. The molecular formula is C28H35F3N4O3. The van der Waals surface area contributed by atoms with Crippen LogP contribution in [-0.4, -0.2) is 57.5 Å². The first-order valence-electron chi connectivity index (χ1n) is 13.6. The van der Waals surface area contributed by atoms with Crippen LogP contribution in [-0.2, 0) is 12.6 Å². The van der Waals surface area contributed by atoms with Gasteiger partial charge >= 0.3 is 18.2 Å². The van der Waals surface area contributed by atoms with Gasteiger partial charge in [-0.3, -0.25) is 0 Å². The highest BCUT2D eigenvalue weighted by Crippen LogP contribution is 2.51. The predicted molar refractivity (Wildman–Crippen MR) is 136 cm³/mol. The molecule has 0 radical (unpaired) electrons. The number of likely N-dealkylation sites (tertiary alicyclic amines) is 1. The van der Waals surface area contributed by atoms with Crippen LogP contribution in [0.5, 0.6) is 0 Å². The third kappa shape index (κ3) is 5.14. The number of hydrogen-bond donors (Lipinski definition) is 1. The summed E-state index contributed by atoms with van der Waals surface area (Å²) in [7, 11) is 0. The van der Waals surface area contributed by atoms with E-state index in [1.54, 1.807) is 11.0 Å². The quantitative estimate of drug-likeness (QED) is 0.517. The minimum absolute atomic E-state index is 0.0436. The van der Waals surface area contributed by atoms with Gasteiger partial charge in [0, 0.05) is 37.6 Å². The van der Waals surface area contributed by atoms with E-state index in [0.717, 1.165) is 80.3 Å². The van der Waals surface area contributed by atoms with Crippen LogP contribution in [0.3, 0.4) is 0 Å².